The lowest BCUT2D eigenvalue weighted by Gasteiger charge is -2.21. The topological polar surface area (TPSA) is 25.8 Å². The molecule has 0 aromatic carbocycles. The fourth-order valence-electron chi connectivity index (χ4n) is 1.11. The fourth-order valence-corrected chi connectivity index (χ4v) is 2.43. The largest absolute Gasteiger partial charge is 0.235 e. The van der Waals surface area contributed by atoms with Crippen molar-refractivity contribution in [1.29, 1.82) is 0 Å². The van der Waals surface area contributed by atoms with Crippen LogP contribution in [0.5, 0.6) is 0 Å². The molecule has 1 unspecified atom stereocenters. The van der Waals surface area contributed by atoms with Crippen molar-refractivity contribution in [1.82, 2.24) is 9.97 Å². The fraction of sp³-hybridized carbons (Fsp3) is 0.600. The molecule has 1 aromatic rings. The van der Waals surface area contributed by atoms with Crippen molar-refractivity contribution >= 4 is 45.8 Å². The van der Waals surface area contributed by atoms with Gasteiger partial charge in [-0.05, 0) is 29.5 Å². The predicted molar refractivity (Wildman–Crippen MR) is 72.7 cm³/mol. The Morgan fingerprint density at radius 1 is 1.27 bits per heavy atom. The van der Waals surface area contributed by atoms with E-state index in [4.69, 9.17) is 23.2 Å². The molecule has 0 saturated carbocycles. The Morgan fingerprint density at radius 2 is 1.80 bits per heavy atom. The maximum atomic E-state index is 6.05. The molecule has 2 nitrogen and oxygen atoms in total. The summed E-state index contributed by atoms with van der Waals surface area (Å²) in [5, 5.41) is 0.263. The molecule has 0 aliphatic rings. The molecule has 84 valence electrons. The van der Waals surface area contributed by atoms with Crippen LogP contribution in [0.3, 0.4) is 0 Å². The maximum absolute atomic E-state index is 6.05. The van der Waals surface area contributed by atoms with Crippen LogP contribution in [0.2, 0.25) is 5.15 Å². The molecule has 1 rings (SSSR count). The highest BCUT2D eigenvalue weighted by molar-refractivity contribution is 14.1. The third-order valence-electron chi connectivity index (χ3n) is 1.89. The van der Waals surface area contributed by atoms with Crippen molar-refractivity contribution in [2.24, 2.45) is 0 Å². The van der Waals surface area contributed by atoms with Crippen LogP contribution >= 0.6 is 45.8 Å². The Labute approximate surface area is 114 Å². The average molecular weight is 359 g/mol. The minimum atomic E-state index is -0.222. The van der Waals surface area contributed by atoms with Crippen LogP contribution < -0.4 is 0 Å². The average Bonchev–Trinajstić information content (AvgIpc) is 2.06. The maximum Gasteiger partial charge on any atom is 0.147 e. The van der Waals surface area contributed by atoms with Gasteiger partial charge in [-0.25, -0.2) is 9.97 Å². The van der Waals surface area contributed by atoms with Gasteiger partial charge in [0.05, 0.1) is 14.6 Å². The van der Waals surface area contributed by atoms with Crippen LogP contribution in [0.15, 0.2) is 0 Å². The van der Waals surface area contributed by atoms with Crippen LogP contribution in [-0.4, -0.2) is 9.97 Å². The number of hydrogen-bond donors (Lipinski definition) is 0. The van der Waals surface area contributed by atoms with Crippen LogP contribution in [0.25, 0.3) is 0 Å². The Hall–Kier alpha value is 0.390. The summed E-state index contributed by atoms with van der Waals surface area (Å²) >= 11 is 14.2. The standard InChI is InChI=1S/C10H13Cl2IN2/c1-5(11)9-14-7(10(2,3)4)6(13)8(12)15-9/h5H,1-4H3. The van der Waals surface area contributed by atoms with Gasteiger partial charge < -0.3 is 0 Å². The van der Waals surface area contributed by atoms with E-state index in [-0.39, 0.29) is 10.8 Å². The van der Waals surface area contributed by atoms with Crippen molar-refractivity contribution in [3.05, 3.63) is 20.2 Å². The normalized spacial score (nSPS) is 14.1. The van der Waals surface area contributed by atoms with Crippen LogP contribution in [-0.2, 0) is 5.41 Å². The molecule has 0 aliphatic carbocycles. The second-order valence-electron chi connectivity index (χ2n) is 4.40. The lowest BCUT2D eigenvalue weighted by molar-refractivity contribution is 0.557. The number of halogens is 3. The molecule has 0 radical (unpaired) electrons. The Kier molecular flexibility index (Phi) is 4.23. The van der Waals surface area contributed by atoms with E-state index in [0.717, 1.165) is 9.26 Å². The van der Waals surface area contributed by atoms with Gasteiger partial charge in [0.2, 0.25) is 0 Å². The minimum Gasteiger partial charge on any atom is -0.235 e. The van der Waals surface area contributed by atoms with Gasteiger partial charge in [-0.2, -0.15) is 0 Å². The second kappa shape index (κ2) is 4.72. The molecule has 0 bridgehead atoms. The first-order valence-electron chi connectivity index (χ1n) is 4.61. The van der Waals surface area contributed by atoms with Gasteiger partial charge in [0, 0.05) is 5.41 Å². The first-order chi connectivity index (χ1) is 6.73. The van der Waals surface area contributed by atoms with Crippen molar-refractivity contribution in [2.75, 3.05) is 0 Å². The van der Waals surface area contributed by atoms with E-state index in [2.05, 4.69) is 53.3 Å². The van der Waals surface area contributed by atoms with E-state index in [1.54, 1.807) is 0 Å². The van der Waals surface area contributed by atoms with Gasteiger partial charge in [0.25, 0.3) is 0 Å². The van der Waals surface area contributed by atoms with Gasteiger partial charge in [-0.15, -0.1) is 11.6 Å². The first kappa shape index (κ1) is 13.5. The summed E-state index contributed by atoms with van der Waals surface area (Å²) in [4.78, 5) is 8.63. The number of nitrogens with zero attached hydrogens (tertiary/aromatic N) is 2. The summed E-state index contributed by atoms with van der Waals surface area (Å²) < 4.78 is 0.905. The Bertz CT molecular complexity index is 372. The Balaban J connectivity index is 3.38. The molecule has 1 aromatic heterocycles. The zero-order valence-electron chi connectivity index (χ0n) is 9.11. The summed E-state index contributed by atoms with van der Waals surface area (Å²) in [6.45, 7) is 8.12. The van der Waals surface area contributed by atoms with Crippen molar-refractivity contribution in [3.63, 3.8) is 0 Å². The molecule has 0 aliphatic heterocycles. The first-order valence-corrected chi connectivity index (χ1v) is 6.50. The van der Waals surface area contributed by atoms with E-state index in [9.17, 15) is 0 Å². The minimum absolute atomic E-state index is 0.0520. The van der Waals surface area contributed by atoms with Gasteiger partial charge >= 0.3 is 0 Å². The van der Waals surface area contributed by atoms with Crippen molar-refractivity contribution in [2.45, 2.75) is 38.5 Å². The highest BCUT2D eigenvalue weighted by Crippen LogP contribution is 2.30. The smallest absolute Gasteiger partial charge is 0.147 e. The van der Waals surface area contributed by atoms with E-state index in [1.165, 1.54) is 0 Å². The summed E-state index contributed by atoms with van der Waals surface area (Å²) in [7, 11) is 0. The number of hydrogen-bond acceptors (Lipinski definition) is 2. The lowest BCUT2D eigenvalue weighted by atomic mass is 9.92. The summed E-state index contributed by atoms with van der Waals surface area (Å²) in [5.74, 6) is 0.590. The number of rotatable bonds is 1. The van der Waals surface area contributed by atoms with Gasteiger partial charge in [-0.3, -0.25) is 0 Å². The lowest BCUT2D eigenvalue weighted by Crippen LogP contribution is -2.18. The predicted octanol–water partition coefficient (Wildman–Crippen LogP) is 4.33. The highest BCUT2D eigenvalue weighted by Gasteiger charge is 2.23. The van der Waals surface area contributed by atoms with Crippen LogP contribution in [0.1, 0.15) is 44.6 Å². The third kappa shape index (κ3) is 3.17. The molecule has 5 heteroatoms. The third-order valence-corrected chi connectivity index (χ3v) is 3.70. The second-order valence-corrected chi connectivity index (χ2v) is 6.49. The zero-order chi connectivity index (χ0) is 11.8. The van der Waals surface area contributed by atoms with Gasteiger partial charge in [0.1, 0.15) is 11.0 Å². The summed E-state index contributed by atoms with van der Waals surface area (Å²) in [6.07, 6.45) is 0. The quantitative estimate of drug-likeness (QED) is 0.424. The van der Waals surface area contributed by atoms with Gasteiger partial charge in [-0.1, -0.05) is 32.4 Å². The molecule has 0 fully saturated rings. The monoisotopic (exact) mass is 358 g/mol. The van der Waals surface area contributed by atoms with Crippen molar-refractivity contribution < 1.29 is 0 Å². The van der Waals surface area contributed by atoms with E-state index < -0.39 is 0 Å². The molecule has 15 heavy (non-hydrogen) atoms. The molecule has 1 heterocycles. The van der Waals surface area contributed by atoms with E-state index in [0.29, 0.717) is 11.0 Å². The van der Waals surface area contributed by atoms with E-state index in [1.807, 2.05) is 6.92 Å². The molecule has 0 N–H and O–H groups in total. The molecule has 1 atom stereocenters. The molecule has 0 saturated heterocycles. The number of aromatic nitrogens is 2. The highest BCUT2D eigenvalue weighted by atomic mass is 127. The summed E-state index contributed by atoms with van der Waals surface area (Å²) in [5.41, 5.74) is 0.898. The van der Waals surface area contributed by atoms with Gasteiger partial charge in [0.15, 0.2) is 0 Å². The van der Waals surface area contributed by atoms with Crippen LogP contribution in [0, 0.1) is 3.57 Å². The zero-order valence-corrected chi connectivity index (χ0v) is 12.8. The molecule has 0 amide bonds. The van der Waals surface area contributed by atoms with Crippen LogP contribution in [0.4, 0.5) is 0 Å². The Morgan fingerprint density at radius 3 is 2.20 bits per heavy atom. The van der Waals surface area contributed by atoms with E-state index >= 15 is 0 Å². The molecular formula is C10H13Cl2IN2. The molecule has 0 spiro atoms. The number of alkyl halides is 1. The SMILES string of the molecule is CC(Cl)c1nc(Cl)c(I)c(C(C)(C)C)n1. The van der Waals surface area contributed by atoms with Crippen molar-refractivity contribution in [3.8, 4) is 0 Å². The molecular weight excluding hydrogens is 346 g/mol. The summed E-state index contributed by atoms with van der Waals surface area (Å²) in [6, 6.07) is 0.